The number of dihydropyridines is 1. The molecule has 0 saturated carbocycles. The summed E-state index contributed by atoms with van der Waals surface area (Å²) in [6, 6.07) is 1.65. The monoisotopic (exact) mass is 393 g/mol. The van der Waals surface area contributed by atoms with Crippen LogP contribution in [0.2, 0.25) is 0 Å². The number of halogens is 8. The second kappa shape index (κ2) is 5.44. The van der Waals surface area contributed by atoms with Crippen molar-refractivity contribution in [2.75, 3.05) is 0 Å². The van der Waals surface area contributed by atoms with Crippen LogP contribution in [0.4, 0.5) is 30.7 Å². The molecule has 0 fully saturated rings. The van der Waals surface area contributed by atoms with Crippen molar-refractivity contribution in [3.8, 4) is 6.07 Å². The van der Waals surface area contributed by atoms with E-state index in [1.54, 1.807) is 11.4 Å². The van der Waals surface area contributed by atoms with Crippen molar-refractivity contribution in [3.05, 3.63) is 23.4 Å². The fraction of sp³-hybridized carbons (Fsp3) is 0.583. The van der Waals surface area contributed by atoms with E-state index in [1.807, 2.05) is 0 Å². The zero-order chi connectivity index (χ0) is 17.6. The minimum atomic E-state index is -6.23. The Morgan fingerprint density at radius 3 is 2.05 bits per heavy atom. The van der Waals surface area contributed by atoms with Gasteiger partial charge in [0.1, 0.15) is 4.45 Å². The summed E-state index contributed by atoms with van der Waals surface area (Å²) in [4.78, 5) is 0. The molecule has 0 bridgehead atoms. The van der Waals surface area contributed by atoms with E-state index in [0.29, 0.717) is 6.08 Å². The highest BCUT2D eigenvalue weighted by molar-refractivity contribution is 9.10. The lowest BCUT2D eigenvalue weighted by atomic mass is 9.91. The zero-order valence-electron chi connectivity index (χ0n) is 11.1. The largest absolute Gasteiger partial charge is 0.437 e. The van der Waals surface area contributed by atoms with Gasteiger partial charge in [-0.25, -0.2) is 4.39 Å². The Bertz CT molecular complexity index is 541. The molecule has 10 heteroatoms. The molecule has 2 unspecified atom stereocenters. The molecule has 0 aromatic heterocycles. The van der Waals surface area contributed by atoms with Gasteiger partial charge < -0.3 is 5.32 Å². The molecule has 1 aliphatic rings. The van der Waals surface area contributed by atoms with Gasteiger partial charge in [0, 0.05) is 0 Å². The third-order valence-corrected chi connectivity index (χ3v) is 4.08. The molecule has 2 nitrogen and oxygen atoms in total. The van der Waals surface area contributed by atoms with Crippen molar-refractivity contribution in [1.82, 2.24) is 5.32 Å². The van der Waals surface area contributed by atoms with Crippen LogP contribution in [0.1, 0.15) is 13.8 Å². The van der Waals surface area contributed by atoms with Gasteiger partial charge in [-0.05, 0) is 31.6 Å². The molecule has 0 saturated heterocycles. The van der Waals surface area contributed by atoms with Crippen molar-refractivity contribution in [2.45, 2.75) is 36.3 Å². The number of hydrogen-bond donors (Lipinski definition) is 1. The van der Waals surface area contributed by atoms with E-state index in [1.165, 1.54) is 6.92 Å². The zero-order valence-corrected chi connectivity index (χ0v) is 12.7. The van der Waals surface area contributed by atoms with Crippen LogP contribution in [0.3, 0.4) is 0 Å². The molecule has 1 rings (SSSR count). The number of nitriles is 1. The van der Waals surface area contributed by atoms with Gasteiger partial charge >= 0.3 is 18.0 Å². The Labute approximate surface area is 129 Å². The number of alkyl halides is 8. The maximum Gasteiger partial charge on any atom is 0.437 e. The maximum absolute atomic E-state index is 14.0. The summed E-state index contributed by atoms with van der Waals surface area (Å²) in [6.07, 6.45) is -9.63. The highest BCUT2D eigenvalue weighted by Crippen LogP contribution is 2.51. The molecule has 1 N–H and O–H groups in total. The van der Waals surface area contributed by atoms with E-state index in [4.69, 9.17) is 5.26 Å². The molecule has 0 amide bonds. The number of allylic oxidation sites excluding steroid dienone is 3. The minimum Gasteiger partial charge on any atom is -0.366 e. The van der Waals surface area contributed by atoms with E-state index in [9.17, 15) is 30.7 Å². The average Bonchev–Trinajstić information content (AvgIpc) is 2.32. The molecular weight excluding hydrogens is 385 g/mol. The third-order valence-electron chi connectivity index (χ3n) is 3.00. The van der Waals surface area contributed by atoms with Crippen LogP contribution in [0.5, 0.6) is 0 Å². The van der Waals surface area contributed by atoms with Crippen LogP contribution >= 0.6 is 15.9 Å². The Balaban J connectivity index is 3.48. The average molecular weight is 394 g/mol. The first-order valence-electron chi connectivity index (χ1n) is 5.72. The summed E-state index contributed by atoms with van der Waals surface area (Å²) in [7, 11) is 0. The Morgan fingerprint density at radius 2 is 1.68 bits per heavy atom. The highest BCUT2D eigenvalue weighted by atomic mass is 79.9. The number of nitrogens with one attached hydrogen (secondary N) is 1. The lowest BCUT2D eigenvalue weighted by Gasteiger charge is -2.39. The van der Waals surface area contributed by atoms with Gasteiger partial charge in [-0.15, -0.1) is 0 Å². The van der Waals surface area contributed by atoms with Gasteiger partial charge in [0.25, 0.3) is 0 Å². The summed E-state index contributed by atoms with van der Waals surface area (Å²) >= 11 is 2.82. The molecular formula is C12H9BrF7N2. The Kier molecular flexibility index (Phi) is 4.65. The van der Waals surface area contributed by atoms with Gasteiger partial charge in [-0.1, -0.05) is 15.9 Å². The summed E-state index contributed by atoms with van der Waals surface area (Å²) in [6.45, 7) is 2.38. The highest BCUT2D eigenvalue weighted by Gasteiger charge is 2.75. The number of rotatable bonds is 2. The molecule has 2 atom stereocenters. The Morgan fingerprint density at radius 1 is 1.23 bits per heavy atom. The van der Waals surface area contributed by atoms with Crippen molar-refractivity contribution in [3.63, 3.8) is 0 Å². The van der Waals surface area contributed by atoms with E-state index in [0.717, 1.165) is 6.92 Å². The summed E-state index contributed by atoms with van der Waals surface area (Å²) in [5.41, 5.74) is -7.51. The van der Waals surface area contributed by atoms with Crippen LogP contribution in [0.15, 0.2) is 17.3 Å². The topological polar surface area (TPSA) is 35.8 Å². The first kappa shape index (κ1) is 18.8. The molecule has 0 aliphatic carbocycles. The molecule has 1 aliphatic heterocycles. The first-order chi connectivity index (χ1) is 9.69. The van der Waals surface area contributed by atoms with Gasteiger partial charge in [-0.3, -0.25) is 0 Å². The van der Waals surface area contributed by atoms with Gasteiger partial charge in [0.15, 0.2) is 0 Å². The van der Waals surface area contributed by atoms with E-state index in [2.05, 4.69) is 22.0 Å². The SMILES string of the molecule is CC1=[C]C(Br)(C(C)C#N)NC(C(F)(C(F)(F)F)C(F)(F)F)=C1. The fourth-order valence-corrected chi connectivity index (χ4v) is 2.39. The quantitative estimate of drug-likeness (QED) is 0.431. The van der Waals surface area contributed by atoms with Crippen molar-refractivity contribution >= 4 is 15.9 Å². The van der Waals surface area contributed by atoms with E-state index >= 15 is 0 Å². The smallest absolute Gasteiger partial charge is 0.366 e. The molecule has 0 aromatic rings. The Hall–Kier alpha value is -1.24. The summed E-state index contributed by atoms with van der Waals surface area (Å²) in [5, 5.41) is 10.6. The second-order valence-corrected chi connectivity index (χ2v) is 5.96. The first-order valence-corrected chi connectivity index (χ1v) is 6.51. The predicted octanol–water partition coefficient (Wildman–Crippen LogP) is 4.31. The second-order valence-electron chi connectivity index (χ2n) is 4.71. The third kappa shape index (κ3) is 2.95. The van der Waals surface area contributed by atoms with Crippen LogP contribution in [-0.2, 0) is 0 Å². The molecule has 123 valence electrons. The van der Waals surface area contributed by atoms with Gasteiger partial charge in [-0.2, -0.15) is 31.6 Å². The van der Waals surface area contributed by atoms with Gasteiger partial charge in [0.05, 0.1) is 17.7 Å². The standard InChI is InChI=1S/C12H9BrF7N2/c1-6-3-8(22-9(13,4-6)7(2)5-21)10(14,11(15,16)17)12(18,19)20/h3,7,22H,1-2H3. The van der Waals surface area contributed by atoms with Crippen LogP contribution < -0.4 is 5.32 Å². The van der Waals surface area contributed by atoms with Crippen LogP contribution in [0, 0.1) is 23.3 Å². The predicted molar refractivity (Wildman–Crippen MR) is 66.0 cm³/mol. The maximum atomic E-state index is 14.0. The molecule has 0 spiro atoms. The van der Waals surface area contributed by atoms with Gasteiger partial charge in [0.2, 0.25) is 0 Å². The summed E-state index contributed by atoms with van der Waals surface area (Å²) < 4.78 is 88.7. The van der Waals surface area contributed by atoms with Crippen molar-refractivity contribution in [1.29, 1.82) is 5.26 Å². The number of hydrogen-bond acceptors (Lipinski definition) is 2. The normalized spacial score (nSPS) is 24.8. The van der Waals surface area contributed by atoms with Crippen LogP contribution in [0.25, 0.3) is 0 Å². The molecule has 1 radical (unpaired) electrons. The summed E-state index contributed by atoms with van der Waals surface area (Å²) in [5.74, 6) is -1.13. The lowest BCUT2D eigenvalue weighted by Crippen LogP contribution is -2.61. The van der Waals surface area contributed by atoms with Crippen molar-refractivity contribution in [2.24, 2.45) is 5.92 Å². The van der Waals surface area contributed by atoms with Crippen LogP contribution in [-0.4, -0.2) is 22.5 Å². The van der Waals surface area contributed by atoms with E-state index < -0.39 is 34.1 Å². The number of nitrogens with zero attached hydrogens (tertiary/aromatic N) is 1. The molecule has 22 heavy (non-hydrogen) atoms. The van der Waals surface area contributed by atoms with Crippen molar-refractivity contribution < 1.29 is 30.7 Å². The fourth-order valence-electron chi connectivity index (χ4n) is 1.76. The molecule has 1 heterocycles. The van der Waals surface area contributed by atoms with E-state index in [-0.39, 0.29) is 5.57 Å². The minimum absolute atomic E-state index is 0.178. The molecule has 0 aromatic carbocycles. The lowest BCUT2D eigenvalue weighted by molar-refractivity contribution is -0.328.